The van der Waals surface area contributed by atoms with Gasteiger partial charge in [-0.3, -0.25) is 0 Å². The maximum atomic E-state index is 11.4. The summed E-state index contributed by atoms with van der Waals surface area (Å²) in [5.41, 5.74) is 5.13. The molecule has 2 aromatic carbocycles. The summed E-state index contributed by atoms with van der Waals surface area (Å²) in [4.78, 5) is 4.70. The van der Waals surface area contributed by atoms with Gasteiger partial charge >= 0.3 is 0 Å². The molecule has 2 aromatic heterocycles. The first kappa shape index (κ1) is 23.1. The van der Waals surface area contributed by atoms with Crippen molar-refractivity contribution in [2.45, 2.75) is 81.5 Å². The molecule has 3 fully saturated rings. The van der Waals surface area contributed by atoms with Crippen LogP contribution in [0.5, 0.6) is 0 Å². The van der Waals surface area contributed by atoms with Crippen molar-refractivity contribution in [3.63, 3.8) is 0 Å². The molecular weight excluding hydrogens is 482 g/mol. The van der Waals surface area contributed by atoms with E-state index in [2.05, 4.69) is 35.5 Å². The molecule has 0 spiro atoms. The molecule has 7 heteroatoms. The number of hydrogen-bond acceptors (Lipinski definition) is 7. The van der Waals surface area contributed by atoms with E-state index in [0.717, 1.165) is 57.9 Å². The van der Waals surface area contributed by atoms with Crippen LogP contribution in [0.2, 0.25) is 0 Å². The monoisotopic (exact) mass is 511 g/mol. The van der Waals surface area contributed by atoms with Crippen LogP contribution in [-0.2, 0) is 16.9 Å². The second-order valence-electron chi connectivity index (χ2n) is 10.9. The van der Waals surface area contributed by atoms with Crippen LogP contribution in [0.4, 0.5) is 0 Å². The van der Waals surface area contributed by atoms with Crippen LogP contribution in [0.15, 0.2) is 47.0 Å². The fraction of sp³-hybridized carbons (Fsp3) is 0.433. The summed E-state index contributed by atoms with van der Waals surface area (Å²) in [5, 5.41) is 25.9. The second kappa shape index (κ2) is 9.05. The molecule has 0 saturated heterocycles. The standard InChI is InChI=1S/C30H29N3O3S/c31-16-18-5-10-25-26(15-18)37-29(32-25)30(34)13-11-21(12-14-30)35-17-24-27(33-36-28(24)20-8-9-20)23-4-2-1-3-22(23)19-6-7-19/h1-5,10,15,19-21,34H,6-9,11-14,17H2. The zero-order valence-electron chi connectivity index (χ0n) is 20.7. The first-order valence-corrected chi connectivity index (χ1v) is 14.2. The summed E-state index contributed by atoms with van der Waals surface area (Å²) in [6.45, 7) is 0.491. The summed E-state index contributed by atoms with van der Waals surface area (Å²) < 4.78 is 13.3. The van der Waals surface area contributed by atoms with Crippen molar-refractivity contribution in [3.05, 3.63) is 69.9 Å². The Hall–Kier alpha value is -3.05. The van der Waals surface area contributed by atoms with Crippen LogP contribution in [-0.4, -0.2) is 21.4 Å². The van der Waals surface area contributed by atoms with Gasteiger partial charge in [-0.2, -0.15) is 5.26 Å². The van der Waals surface area contributed by atoms with Crippen LogP contribution in [0.1, 0.15) is 90.7 Å². The summed E-state index contributed by atoms with van der Waals surface area (Å²) in [7, 11) is 0. The van der Waals surface area contributed by atoms with E-state index < -0.39 is 5.60 Å². The van der Waals surface area contributed by atoms with E-state index in [4.69, 9.17) is 14.2 Å². The highest BCUT2D eigenvalue weighted by Gasteiger charge is 2.39. The lowest BCUT2D eigenvalue weighted by molar-refractivity contribution is -0.0640. The first-order valence-electron chi connectivity index (χ1n) is 13.3. The fourth-order valence-corrected chi connectivity index (χ4v) is 6.80. The van der Waals surface area contributed by atoms with Crippen molar-refractivity contribution < 1.29 is 14.4 Å². The zero-order chi connectivity index (χ0) is 25.0. The van der Waals surface area contributed by atoms with Gasteiger partial charge in [-0.25, -0.2) is 4.98 Å². The number of ether oxygens (including phenoxy) is 1. The van der Waals surface area contributed by atoms with E-state index in [-0.39, 0.29) is 6.10 Å². The maximum Gasteiger partial charge on any atom is 0.145 e. The Labute approximate surface area is 219 Å². The van der Waals surface area contributed by atoms with Crippen molar-refractivity contribution in [2.75, 3.05) is 0 Å². The number of nitrogens with zero attached hydrogens (tertiary/aromatic N) is 3. The van der Waals surface area contributed by atoms with E-state index in [1.807, 2.05) is 12.1 Å². The van der Waals surface area contributed by atoms with Gasteiger partial charge in [0.15, 0.2) is 0 Å². The van der Waals surface area contributed by atoms with Gasteiger partial charge in [0.1, 0.15) is 22.1 Å². The van der Waals surface area contributed by atoms with Crippen molar-refractivity contribution in [1.82, 2.24) is 10.1 Å². The Morgan fingerprint density at radius 1 is 1.05 bits per heavy atom. The smallest absolute Gasteiger partial charge is 0.145 e. The van der Waals surface area contributed by atoms with E-state index in [9.17, 15) is 10.4 Å². The lowest BCUT2D eigenvalue weighted by Crippen LogP contribution is -2.34. The third-order valence-electron chi connectivity index (χ3n) is 8.14. The summed E-state index contributed by atoms with van der Waals surface area (Å²) in [5.74, 6) is 2.10. The van der Waals surface area contributed by atoms with Crippen LogP contribution in [0.3, 0.4) is 0 Å². The number of rotatable bonds is 7. The topological polar surface area (TPSA) is 92.2 Å². The number of fused-ring (bicyclic) bond motifs is 1. The number of thiazole rings is 1. The Kier molecular flexibility index (Phi) is 5.65. The number of aliphatic hydroxyl groups is 1. The lowest BCUT2D eigenvalue weighted by atomic mass is 9.83. The van der Waals surface area contributed by atoms with E-state index in [1.165, 1.54) is 35.3 Å². The van der Waals surface area contributed by atoms with Crippen LogP contribution in [0, 0.1) is 11.3 Å². The highest BCUT2D eigenvalue weighted by atomic mass is 32.1. The average molecular weight is 512 g/mol. The SMILES string of the molecule is N#Cc1ccc2nc(C3(O)CCC(OCc4c(-c5ccccc5C5CC5)noc4C4CC4)CC3)sc2c1. The van der Waals surface area contributed by atoms with Gasteiger partial charge in [0.25, 0.3) is 0 Å². The number of benzene rings is 2. The molecule has 0 radical (unpaired) electrons. The Balaban J connectivity index is 1.07. The second-order valence-corrected chi connectivity index (χ2v) is 11.9. The molecule has 1 N–H and O–H groups in total. The van der Waals surface area contributed by atoms with Gasteiger partial charge in [-0.05, 0) is 81.0 Å². The molecule has 2 heterocycles. The van der Waals surface area contributed by atoms with E-state index in [0.29, 0.717) is 36.8 Å². The van der Waals surface area contributed by atoms with E-state index in [1.54, 1.807) is 6.07 Å². The minimum Gasteiger partial charge on any atom is -0.383 e. The Morgan fingerprint density at radius 2 is 1.84 bits per heavy atom. The lowest BCUT2D eigenvalue weighted by Gasteiger charge is -2.34. The Morgan fingerprint density at radius 3 is 2.59 bits per heavy atom. The van der Waals surface area contributed by atoms with Crippen LogP contribution in [0.25, 0.3) is 21.5 Å². The van der Waals surface area contributed by atoms with Gasteiger partial charge in [0, 0.05) is 17.0 Å². The molecule has 188 valence electrons. The minimum atomic E-state index is -0.943. The highest BCUT2D eigenvalue weighted by molar-refractivity contribution is 7.18. The van der Waals surface area contributed by atoms with Crippen molar-refractivity contribution in [2.24, 2.45) is 0 Å². The number of nitriles is 1. The molecule has 3 aliphatic carbocycles. The number of aromatic nitrogens is 2. The van der Waals surface area contributed by atoms with Gasteiger partial charge in [-0.1, -0.05) is 29.4 Å². The molecule has 3 saturated carbocycles. The molecular formula is C30H29N3O3S. The third-order valence-corrected chi connectivity index (χ3v) is 9.35. The highest BCUT2D eigenvalue weighted by Crippen LogP contribution is 2.48. The first-order chi connectivity index (χ1) is 18.1. The van der Waals surface area contributed by atoms with Gasteiger partial charge in [-0.15, -0.1) is 11.3 Å². The summed E-state index contributed by atoms with van der Waals surface area (Å²) >= 11 is 1.49. The average Bonchev–Trinajstić information content (AvgIpc) is 3.87. The zero-order valence-corrected chi connectivity index (χ0v) is 21.5. The fourth-order valence-electron chi connectivity index (χ4n) is 5.65. The normalized spacial score (nSPS) is 23.8. The molecule has 0 aliphatic heterocycles. The van der Waals surface area contributed by atoms with Gasteiger partial charge < -0.3 is 14.4 Å². The van der Waals surface area contributed by atoms with Gasteiger partial charge in [0.05, 0.1) is 34.6 Å². The molecule has 0 atom stereocenters. The van der Waals surface area contributed by atoms with Gasteiger partial charge in [0.2, 0.25) is 0 Å². The largest absolute Gasteiger partial charge is 0.383 e. The van der Waals surface area contributed by atoms with Crippen molar-refractivity contribution in [3.8, 4) is 17.3 Å². The summed E-state index contributed by atoms with van der Waals surface area (Å²) in [6, 6.07) is 16.3. The minimum absolute atomic E-state index is 0.0772. The molecule has 6 nitrogen and oxygen atoms in total. The van der Waals surface area contributed by atoms with Crippen LogP contribution >= 0.6 is 11.3 Å². The molecule has 7 rings (SSSR count). The molecule has 0 unspecified atom stereocenters. The van der Waals surface area contributed by atoms with Crippen molar-refractivity contribution in [1.29, 1.82) is 5.26 Å². The predicted molar refractivity (Wildman–Crippen MR) is 141 cm³/mol. The molecule has 37 heavy (non-hydrogen) atoms. The number of hydrogen-bond donors (Lipinski definition) is 1. The maximum absolute atomic E-state index is 11.4. The Bertz CT molecular complexity index is 1500. The summed E-state index contributed by atoms with van der Waals surface area (Å²) in [6.07, 6.45) is 7.64. The molecule has 4 aromatic rings. The molecule has 3 aliphatic rings. The third kappa shape index (κ3) is 4.37. The predicted octanol–water partition coefficient (Wildman–Crippen LogP) is 6.92. The molecule has 0 bridgehead atoms. The van der Waals surface area contributed by atoms with E-state index >= 15 is 0 Å². The van der Waals surface area contributed by atoms with Crippen molar-refractivity contribution >= 4 is 21.6 Å². The van der Waals surface area contributed by atoms with Crippen LogP contribution < -0.4 is 0 Å². The quantitative estimate of drug-likeness (QED) is 0.289. The molecule has 0 amide bonds.